The molecule has 6 heteroatoms. The minimum absolute atomic E-state index is 0.0583. The van der Waals surface area contributed by atoms with Gasteiger partial charge in [-0.1, -0.05) is 31.4 Å². The number of benzene rings is 2. The average Bonchev–Trinajstić information content (AvgIpc) is 3.12. The molecule has 4 rings (SSSR count). The second-order valence-electron chi connectivity index (χ2n) is 7.47. The number of carboxylic acids is 1. The number of ketones is 1. The summed E-state index contributed by atoms with van der Waals surface area (Å²) in [4.78, 5) is 24.7. The van der Waals surface area contributed by atoms with Gasteiger partial charge in [-0.25, -0.2) is 4.79 Å². The maximum atomic E-state index is 13.4. The number of hydrogen-bond acceptors (Lipinski definition) is 5. The summed E-state index contributed by atoms with van der Waals surface area (Å²) in [6.07, 6.45) is 7.28. The number of phenols is 1. The normalized spacial score (nSPS) is 14.9. The van der Waals surface area contributed by atoms with Gasteiger partial charge in [-0.3, -0.25) is 4.79 Å². The van der Waals surface area contributed by atoms with Crippen LogP contribution in [-0.2, 0) is 4.79 Å². The van der Waals surface area contributed by atoms with Crippen LogP contribution in [0.25, 0.3) is 21.2 Å². The van der Waals surface area contributed by atoms with Gasteiger partial charge < -0.3 is 14.9 Å². The first-order chi connectivity index (χ1) is 14.5. The first-order valence-electron chi connectivity index (χ1n) is 9.99. The monoisotopic (exact) mass is 422 g/mol. The number of carboxylic acid groups (broad SMARTS) is 1. The van der Waals surface area contributed by atoms with Crippen molar-refractivity contribution in [3.63, 3.8) is 0 Å². The third-order valence-electron chi connectivity index (χ3n) is 5.43. The van der Waals surface area contributed by atoms with Gasteiger partial charge >= 0.3 is 5.97 Å². The van der Waals surface area contributed by atoms with Crippen LogP contribution in [0, 0.1) is 5.92 Å². The number of Topliss-reactive ketones (excluding diaryl/α,β-unsaturated/α-hetero) is 1. The Kier molecular flexibility index (Phi) is 5.86. The maximum Gasteiger partial charge on any atom is 0.331 e. The zero-order valence-corrected chi connectivity index (χ0v) is 17.2. The van der Waals surface area contributed by atoms with E-state index in [4.69, 9.17) is 9.84 Å². The molecule has 5 nitrogen and oxygen atoms in total. The Bertz CT molecular complexity index is 1100. The summed E-state index contributed by atoms with van der Waals surface area (Å²) in [5.41, 5.74) is 1.78. The van der Waals surface area contributed by atoms with Gasteiger partial charge in [0.1, 0.15) is 11.5 Å². The molecule has 1 aliphatic rings. The zero-order valence-electron chi connectivity index (χ0n) is 16.3. The number of ether oxygens (including phenoxy) is 1. The van der Waals surface area contributed by atoms with E-state index in [2.05, 4.69) is 0 Å². The fraction of sp³-hybridized carbons (Fsp3) is 0.250. The Labute approximate surface area is 178 Å². The van der Waals surface area contributed by atoms with E-state index in [0.29, 0.717) is 5.75 Å². The van der Waals surface area contributed by atoms with E-state index < -0.39 is 5.97 Å². The van der Waals surface area contributed by atoms with Crippen molar-refractivity contribution in [2.75, 3.05) is 0 Å². The summed E-state index contributed by atoms with van der Waals surface area (Å²) >= 11 is 1.44. The van der Waals surface area contributed by atoms with Gasteiger partial charge in [0, 0.05) is 21.6 Å². The number of thiophene rings is 1. The maximum absolute atomic E-state index is 13.4. The van der Waals surface area contributed by atoms with Gasteiger partial charge in [0.25, 0.3) is 0 Å². The minimum atomic E-state index is -1.08. The molecule has 1 fully saturated rings. The van der Waals surface area contributed by atoms with Gasteiger partial charge in [-0.05, 0) is 48.7 Å². The summed E-state index contributed by atoms with van der Waals surface area (Å²) in [6, 6.07) is 12.4. The van der Waals surface area contributed by atoms with Crippen molar-refractivity contribution in [1.29, 1.82) is 0 Å². The number of rotatable bonds is 6. The molecule has 3 aromatic rings. The number of aliphatic carboxylic acids is 1. The van der Waals surface area contributed by atoms with E-state index in [1.165, 1.54) is 17.8 Å². The molecule has 1 saturated carbocycles. The Morgan fingerprint density at radius 3 is 2.47 bits per heavy atom. The molecule has 0 saturated heterocycles. The molecule has 0 spiro atoms. The lowest BCUT2D eigenvalue weighted by Gasteiger charge is -2.20. The van der Waals surface area contributed by atoms with Crippen molar-refractivity contribution in [3.05, 3.63) is 59.7 Å². The Balaban J connectivity index is 1.73. The van der Waals surface area contributed by atoms with Crippen molar-refractivity contribution in [2.45, 2.75) is 32.1 Å². The molecular weight excluding hydrogens is 400 g/mol. The van der Waals surface area contributed by atoms with Crippen LogP contribution < -0.4 is 4.74 Å². The Morgan fingerprint density at radius 1 is 1.03 bits per heavy atom. The zero-order chi connectivity index (χ0) is 21.1. The second kappa shape index (κ2) is 8.71. The largest absolute Gasteiger partial charge is 0.508 e. The molecule has 0 unspecified atom stereocenters. The predicted octanol–water partition coefficient (Wildman–Crippen LogP) is 6.01. The number of phenolic OH excluding ortho intramolecular Hbond substituents is 1. The minimum Gasteiger partial charge on any atom is -0.508 e. The van der Waals surface area contributed by atoms with Gasteiger partial charge in [0.15, 0.2) is 5.78 Å². The van der Waals surface area contributed by atoms with Crippen molar-refractivity contribution < 1.29 is 24.5 Å². The van der Waals surface area contributed by atoms with Gasteiger partial charge in [0.05, 0.1) is 17.2 Å². The molecule has 0 amide bonds. The highest BCUT2D eigenvalue weighted by molar-refractivity contribution is 7.21. The lowest BCUT2D eigenvalue weighted by molar-refractivity contribution is -0.131. The van der Waals surface area contributed by atoms with Gasteiger partial charge in [-0.2, -0.15) is 0 Å². The predicted molar refractivity (Wildman–Crippen MR) is 117 cm³/mol. The summed E-state index contributed by atoms with van der Waals surface area (Å²) in [6.45, 7) is 0. The SMILES string of the molecule is O=C(O)/C=C/Oc1ccc(-c2c(C(=O)C3CCCCC3)sc3cc(O)ccc23)cc1. The molecule has 0 aliphatic heterocycles. The highest BCUT2D eigenvalue weighted by Crippen LogP contribution is 2.43. The molecule has 0 radical (unpaired) electrons. The molecule has 0 bridgehead atoms. The first kappa shape index (κ1) is 20.2. The standard InChI is InChI=1S/C24H22O5S/c25-17-8-11-19-20(14-17)30-24(23(28)16-4-2-1-3-5-16)22(19)15-6-9-18(10-7-15)29-13-12-21(26)27/h6-14,16,25H,1-5H2,(H,26,27)/b13-12+. The topological polar surface area (TPSA) is 83.8 Å². The summed E-state index contributed by atoms with van der Waals surface area (Å²) in [7, 11) is 0. The molecule has 0 atom stereocenters. The number of hydrogen-bond donors (Lipinski definition) is 2. The van der Waals surface area contributed by atoms with E-state index >= 15 is 0 Å². The third kappa shape index (κ3) is 4.24. The van der Waals surface area contributed by atoms with Crippen molar-refractivity contribution in [3.8, 4) is 22.6 Å². The second-order valence-corrected chi connectivity index (χ2v) is 8.52. The van der Waals surface area contributed by atoms with Crippen LogP contribution in [0.15, 0.2) is 54.8 Å². The first-order valence-corrected chi connectivity index (χ1v) is 10.8. The number of carbonyl (C=O) groups is 2. The van der Waals surface area contributed by atoms with E-state index in [9.17, 15) is 14.7 Å². The lowest BCUT2D eigenvalue weighted by atomic mass is 9.84. The molecule has 1 aliphatic carbocycles. The third-order valence-corrected chi connectivity index (χ3v) is 6.60. The molecule has 2 aromatic carbocycles. The fourth-order valence-electron chi connectivity index (χ4n) is 3.97. The molecule has 2 N–H and O–H groups in total. The van der Waals surface area contributed by atoms with Crippen molar-refractivity contribution in [2.24, 2.45) is 5.92 Å². The van der Waals surface area contributed by atoms with Crippen LogP contribution in [0.4, 0.5) is 0 Å². The van der Waals surface area contributed by atoms with Crippen LogP contribution >= 0.6 is 11.3 Å². The van der Waals surface area contributed by atoms with Crippen LogP contribution in [0.2, 0.25) is 0 Å². The molecule has 154 valence electrons. The van der Waals surface area contributed by atoms with Crippen molar-refractivity contribution in [1.82, 2.24) is 0 Å². The van der Waals surface area contributed by atoms with E-state index in [-0.39, 0.29) is 17.5 Å². The highest BCUT2D eigenvalue weighted by Gasteiger charge is 2.27. The Hall–Kier alpha value is -3.12. The van der Waals surface area contributed by atoms with Gasteiger partial charge in [0.2, 0.25) is 0 Å². The van der Waals surface area contributed by atoms with E-state index in [0.717, 1.165) is 64.1 Å². The van der Waals surface area contributed by atoms with Crippen LogP contribution in [0.3, 0.4) is 0 Å². The van der Waals surface area contributed by atoms with E-state index in [1.807, 2.05) is 18.2 Å². The smallest absolute Gasteiger partial charge is 0.331 e. The summed E-state index contributed by atoms with van der Waals surface area (Å²) in [5.74, 6) is -0.141. The summed E-state index contributed by atoms with van der Waals surface area (Å²) < 4.78 is 6.19. The number of aromatic hydroxyl groups is 1. The molecule has 30 heavy (non-hydrogen) atoms. The summed E-state index contributed by atoms with van der Waals surface area (Å²) in [5, 5.41) is 19.5. The van der Waals surface area contributed by atoms with Crippen LogP contribution in [0.5, 0.6) is 11.5 Å². The Morgan fingerprint density at radius 2 is 1.77 bits per heavy atom. The van der Waals surface area contributed by atoms with Crippen molar-refractivity contribution >= 4 is 33.2 Å². The highest BCUT2D eigenvalue weighted by atomic mass is 32.1. The molecular formula is C24H22O5S. The van der Waals surface area contributed by atoms with Gasteiger partial charge in [-0.15, -0.1) is 11.3 Å². The van der Waals surface area contributed by atoms with Crippen LogP contribution in [0.1, 0.15) is 41.8 Å². The molecule has 1 heterocycles. The fourth-order valence-corrected chi connectivity index (χ4v) is 5.24. The lowest BCUT2D eigenvalue weighted by Crippen LogP contribution is -2.17. The molecule has 1 aromatic heterocycles. The number of fused-ring (bicyclic) bond motifs is 1. The quantitative estimate of drug-likeness (QED) is 0.289. The van der Waals surface area contributed by atoms with Crippen LogP contribution in [-0.4, -0.2) is 22.0 Å². The average molecular weight is 423 g/mol. The van der Waals surface area contributed by atoms with E-state index in [1.54, 1.807) is 24.3 Å². The number of carbonyl (C=O) groups excluding carboxylic acids is 1.